The maximum atomic E-state index is 12.1. The Bertz CT molecular complexity index is 619. The number of guanidine groups is 1. The van der Waals surface area contributed by atoms with Crippen LogP contribution in [-0.4, -0.2) is 70.6 Å². The first-order valence-electron chi connectivity index (χ1n) is 9.18. The second-order valence-electron chi connectivity index (χ2n) is 6.61. The van der Waals surface area contributed by atoms with Gasteiger partial charge < -0.3 is 30.5 Å². The molecule has 0 spiro atoms. The van der Waals surface area contributed by atoms with Crippen LogP contribution in [0.3, 0.4) is 0 Å². The lowest BCUT2D eigenvalue weighted by molar-refractivity contribution is 0.0954. The van der Waals surface area contributed by atoms with E-state index in [1.54, 1.807) is 38.4 Å². The molecule has 0 radical (unpaired) electrons. The van der Waals surface area contributed by atoms with Crippen LogP contribution in [-0.2, 0) is 4.74 Å². The number of rotatable bonds is 9. The third-order valence-corrected chi connectivity index (χ3v) is 4.74. The van der Waals surface area contributed by atoms with Crippen LogP contribution in [0, 0.1) is 5.41 Å². The third kappa shape index (κ3) is 7.44. The van der Waals surface area contributed by atoms with E-state index in [1.807, 2.05) is 0 Å². The van der Waals surface area contributed by atoms with Gasteiger partial charge in [-0.05, 0) is 37.1 Å². The van der Waals surface area contributed by atoms with Crippen LogP contribution in [0.15, 0.2) is 29.3 Å². The number of amides is 1. The Morgan fingerprint density at radius 2 is 1.96 bits per heavy atom. The van der Waals surface area contributed by atoms with Crippen molar-refractivity contribution in [3.63, 3.8) is 0 Å². The first-order chi connectivity index (χ1) is 13.1. The number of methoxy groups -OCH3 is 1. The SMILES string of the molecule is CN=C(NCCNC(=O)c1ccc(OC)cc1)NCC1(CCO)CCOC1.I. The van der Waals surface area contributed by atoms with Gasteiger partial charge in [0.25, 0.3) is 5.91 Å². The van der Waals surface area contributed by atoms with Crippen molar-refractivity contribution < 1.29 is 19.4 Å². The van der Waals surface area contributed by atoms with Gasteiger partial charge in [-0.2, -0.15) is 0 Å². The van der Waals surface area contributed by atoms with Gasteiger partial charge in [-0.3, -0.25) is 9.79 Å². The van der Waals surface area contributed by atoms with Crippen molar-refractivity contribution in [2.24, 2.45) is 10.4 Å². The second kappa shape index (κ2) is 12.8. The molecule has 0 saturated carbocycles. The molecule has 1 unspecified atom stereocenters. The number of nitrogens with one attached hydrogen (secondary N) is 3. The summed E-state index contributed by atoms with van der Waals surface area (Å²) in [6.45, 7) is 3.22. The van der Waals surface area contributed by atoms with Crippen molar-refractivity contribution in [2.75, 3.05) is 53.6 Å². The van der Waals surface area contributed by atoms with Gasteiger partial charge in [0.05, 0.1) is 13.7 Å². The van der Waals surface area contributed by atoms with Gasteiger partial charge in [0.15, 0.2) is 5.96 Å². The maximum absolute atomic E-state index is 12.1. The fraction of sp³-hybridized carbons (Fsp3) is 0.579. The van der Waals surface area contributed by atoms with Crippen molar-refractivity contribution >= 4 is 35.8 Å². The zero-order valence-corrected chi connectivity index (χ0v) is 18.8. The number of carbonyl (C=O) groups is 1. The summed E-state index contributed by atoms with van der Waals surface area (Å²) in [7, 11) is 3.29. The zero-order chi connectivity index (χ0) is 19.5. The predicted octanol–water partition coefficient (Wildman–Crippen LogP) is 0.997. The van der Waals surface area contributed by atoms with Crippen LogP contribution in [0.4, 0.5) is 0 Å². The molecule has 4 N–H and O–H groups in total. The number of carbonyl (C=O) groups excluding carboxylic acids is 1. The quantitative estimate of drug-likeness (QED) is 0.173. The van der Waals surface area contributed by atoms with Crippen LogP contribution in [0.1, 0.15) is 23.2 Å². The second-order valence-corrected chi connectivity index (χ2v) is 6.61. The van der Waals surface area contributed by atoms with Crippen molar-refractivity contribution in [1.29, 1.82) is 0 Å². The molecule has 0 aliphatic carbocycles. The molecule has 158 valence electrons. The van der Waals surface area contributed by atoms with Crippen molar-refractivity contribution in [3.05, 3.63) is 29.8 Å². The number of aliphatic imine (C=N–C) groups is 1. The third-order valence-electron chi connectivity index (χ3n) is 4.74. The van der Waals surface area contributed by atoms with Crippen LogP contribution in [0.25, 0.3) is 0 Å². The van der Waals surface area contributed by atoms with E-state index in [4.69, 9.17) is 9.47 Å². The molecule has 1 aliphatic heterocycles. The smallest absolute Gasteiger partial charge is 0.251 e. The summed E-state index contributed by atoms with van der Waals surface area (Å²) < 4.78 is 10.6. The highest BCUT2D eigenvalue weighted by molar-refractivity contribution is 14.0. The largest absolute Gasteiger partial charge is 0.497 e. The van der Waals surface area contributed by atoms with Crippen molar-refractivity contribution in [2.45, 2.75) is 12.8 Å². The highest BCUT2D eigenvalue weighted by Gasteiger charge is 2.34. The van der Waals surface area contributed by atoms with Crippen LogP contribution < -0.4 is 20.7 Å². The zero-order valence-electron chi connectivity index (χ0n) is 16.5. The van der Waals surface area contributed by atoms with E-state index in [0.717, 1.165) is 18.8 Å². The van der Waals surface area contributed by atoms with Gasteiger partial charge in [0.2, 0.25) is 0 Å². The molecule has 1 aliphatic rings. The molecule has 1 atom stereocenters. The van der Waals surface area contributed by atoms with E-state index in [1.165, 1.54) is 0 Å². The van der Waals surface area contributed by atoms with Crippen LogP contribution in [0.2, 0.25) is 0 Å². The minimum absolute atomic E-state index is 0. The Hall–Kier alpha value is -1.59. The number of hydrogen-bond donors (Lipinski definition) is 4. The Kier molecular flexibility index (Phi) is 11.2. The minimum atomic E-state index is -0.132. The van der Waals surface area contributed by atoms with Gasteiger partial charge in [0.1, 0.15) is 5.75 Å². The summed E-state index contributed by atoms with van der Waals surface area (Å²) >= 11 is 0. The summed E-state index contributed by atoms with van der Waals surface area (Å²) in [5.41, 5.74) is 0.542. The van der Waals surface area contributed by atoms with E-state index in [2.05, 4.69) is 20.9 Å². The Balaban J connectivity index is 0.00000392. The molecule has 1 saturated heterocycles. The highest BCUT2D eigenvalue weighted by Crippen LogP contribution is 2.31. The topological polar surface area (TPSA) is 104 Å². The number of halogens is 1. The molecule has 9 heteroatoms. The monoisotopic (exact) mass is 506 g/mol. The van der Waals surface area contributed by atoms with E-state index < -0.39 is 0 Å². The molecule has 1 aromatic carbocycles. The molecule has 1 aromatic rings. The molecule has 1 amide bonds. The molecular weight excluding hydrogens is 475 g/mol. The van der Waals surface area contributed by atoms with Crippen molar-refractivity contribution in [3.8, 4) is 5.75 Å². The van der Waals surface area contributed by atoms with E-state index in [0.29, 0.717) is 44.2 Å². The lowest BCUT2D eigenvalue weighted by Gasteiger charge is -2.27. The Labute approximate surface area is 183 Å². The summed E-state index contributed by atoms with van der Waals surface area (Å²) in [4.78, 5) is 16.3. The molecule has 28 heavy (non-hydrogen) atoms. The molecule has 2 rings (SSSR count). The normalized spacial score (nSPS) is 18.9. The first-order valence-corrected chi connectivity index (χ1v) is 9.18. The lowest BCUT2D eigenvalue weighted by atomic mass is 9.84. The average molecular weight is 506 g/mol. The number of nitrogens with zero attached hydrogens (tertiary/aromatic N) is 1. The van der Waals surface area contributed by atoms with E-state index in [-0.39, 0.29) is 41.9 Å². The first kappa shape index (κ1) is 24.4. The van der Waals surface area contributed by atoms with Gasteiger partial charge in [-0.15, -0.1) is 24.0 Å². The average Bonchev–Trinajstić information content (AvgIpc) is 3.16. The van der Waals surface area contributed by atoms with E-state index in [9.17, 15) is 9.90 Å². The number of aliphatic hydroxyl groups excluding tert-OH is 1. The predicted molar refractivity (Wildman–Crippen MR) is 120 cm³/mol. The molecule has 1 heterocycles. The van der Waals surface area contributed by atoms with Gasteiger partial charge in [-0.25, -0.2) is 0 Å². The Morgan fingerprint density at radius 1 is 1.25 bits per heavy atom. The fourth-order valence-electron chi connectivity index (χ4n) is 3.00. The fourth-order valence-corrected chi connectivity index (χ4v) is 3.00. The molecular formula is C19H31IN4O4. The standard InChI is InChI=1S/C19H30N4O4.HI/c1-20-18(23-13-19(7-11-24)8-12-27-14-19)22-10-9-21-17(25)15-3-5-16(26-2)6-4-15;/h3-6,24H,7-14H2,1-2H3,(H,21,25)(H2,20,22,23);1H. The number of aliphatic hydroxyl groups is 1. The molecule has 0 bridgehead atoms. The number of ether oxygens (including phenoxy) is 2. The lowest BCUT2D eigenvalue weighted by Crippen LogP contribution is -2.46. The van der Waals surface area contributed by atoms with Gasteiger partial charge >= 0.3 is 0 Å². The summed E-state index contributed by atoms with van der Waals surface area (Å²) in [5.74, 6) is 1.25. The van der Waals surface area contributed by atoms with Crippen molar-refractivity contribution in [1.82, 2.24) is 16.0 Å². The molecule has 0 aromatic heterocycles. The summed E-state index contributed by atoms with van der Waals surface area (Å²) in [5, 5.41) is 18.6. The summed E-state index contributed by atoms with van der Waals surface area (Å²) in [6.07, 6.45) is 1.63. The van der Waals surface area contributed by atoms with Crippen LogP contribution in [0.5, 0.6) is 5.75 Å². The number of hydrogen-bond acceptors (Lipinski definition) is 5. The van der Waals surface area contributed by atoms with Gasteiger partial charge in [0, 0.05) is 50.9 Å². The molecule has 8 nitrogen and oxygen atoms in total. The summed E-state index contributed by atoms with van der Waals surface area (Å²) in [6, 6.07) is 6.97. The highest BCUT2D eigenvalue weighted by atomic mass is 127. The van der Waals surface area contributed by atoms with Crippen LogP contribution >= 0.6 is 24.0 Å². The van der Waals surface area contributed by atoms with Gasteiger partial charge in [-0.1, -0.05) is 0 Å². The maximum Gasteiger partial charge on any atom is 0.251 e. The molecule has 1 fully saturated rings. The number of benzene rings is 1. The van der Waals surface area contributed by atoms with E-state index >= 15 is 0 Å². The Morgan fingerprint density at radius 3 is 2.54 bits per heavy atom. The minimum Gasteiger partial charge on any atom is -0.497 e.